The van der Waals surface area contributed by atoms with Crippen LogP contribution < -0.4 is 5.32 Å². The van der Waals surface area contributed by atoms with Crippen LogP contribution in [0.15, 0.2) is 24.3 Å². The van der Waals surface area contributed by atoms with Gasteiger partial charge in [0.2, 0.25) is 0 Å². The molecule has 0 saturated carbocycles. The van der Waals surface area contributed by atoms with Crippen LogP contribution in [0.2, 0.25) is 0 Å². The topological polar surface area (TPSA) is 12.0 Å². The molecule has 106 valence electrons. The van der Waals surface area contributed by atoms with Crippen molar-refractivity contribution >= 4 is 11.8 Å². The molecule has 1 fully saturated rings. The largest absolute Gasteiger partial charge is 0.310 e. The highest BCUT2D eigenvalue weighted by atomic mass is 32.2. The number of hydrogen-bond acceptors (Lipinski definition) is 2. The van der Waals surface area contributed by atoms with Gasteiger partial charge < -0.3 is 5.32 Å². The Kier molecular flexibility index (Phi) is 6.25. The van der Waals surface area contributed by atoms with Crippen molar-refractivity contribution in [3.05, 3.63) is 35.4 Å². The molecule has 0 aliphatic carbocycles. The first-order valence-corrected chi connectivity index (χ1v) is 8.89. The zero-order valence-corrected chi connectivity index (χ0v) is 13.1. The van der Waals surface area contributed by atoms with Gasteiger partial charge in [-0.1, -0.05) is 38.1 Å². The second kappa shape index (κ2) is 7.96. The minimum absolute atomic E-state index is 0.528. The molecule has 1 aromatic rings. The Morgan fingerprint density at radius 1 is 1.16 bits per heavy atom. The van der Waals surface area contributed by atoms with E-state index in [4.69, 9.17) is 0 Å². The summed E-state index contributed by atoms with van der Waals surface area (Å²) in [5.74, 6) is 3.60. The van der Waals surface area contributed by atoms with E-state index in [9.17, 15) is 0 Å². The maximum atomic E-state index is 3.78. The zero-order chi connectivity index (χ0) is 13.5. The van der Waals surface area contributed by atoms with Crippen LogP contribution in [0, 0.1) is 5.92 Å². The summed E-state index contributed by atoms with van der Waals surface area (Å²) in [6.45, 7) is 5.68. The molecule has 1 aromatic carbocycles. The summed E-state index contributed by atoms with van der Waals surface area (Å²) in [5, 5.41) is 3.78. The molecule has 2 heteroatoms. The van der Waals surface area contributed by atoms with Crippen molar-refractivity contribution in [2.24, 2.45) is 5.92 Å². The van der Waals surface area contributed by atoms with Crippen LogP contribution in [0.3, 0.4) is 0 Å². The van der Waals surface area contributed by atoms with E-state index in [2.05, 4.69) is 55.2 Å². The van der Waals surface area contributed by atoms with Gasteiger partial charge in [0.05, 0.1) is 0 Å². The molecule has 1 saturated heterocycles. The summed E-state index contributed by atoms with van der Waals surface area (Å²) >= 11 is 2.11. The first kappa shape index (κ1) is 14.9. The molecule has 0 bridgehead atoms. The van der Waals surface area contributed by atoms with E-state index in [1.807, 2.05) is 0 Å². The molecule has 1 heterocycles. The number of nitrogens with one attached hydrogen (secondary N) is 1. The standard InChI is InChI=1S/C17H27NS/c1-3-14-5-7-16(8-6-14)17(4-2)18-13-15-9-11-19-12-10-15/h5-8,15,17-18H,3-4,9-13H2,1-2H3. The summed E-state index contributed by atoms with van der Waals surface area (Å²) in [5.41, 5.74) is 2.88. The lowest BCUT2D eigenvalue weighted by Crippen LogP contribution is -2.29. The van der Waals surface area contributed by atoms with E-state index in [0.29, 0.717) is 6.04 Å². The van der Waals surface area contributed by atoms with E-state index >= 15 is 0 Å². The maximum absolute atomic E-state index is 3.78. The highest BCUT2D eigenvalue weighted by Crippen LogP contribution is 2.24. The van der Waals surface area contributed by atoms with E-state index in [-0.39, 0.29) is 0 Å². The molecule has 1 N–H and O–H groups in total. The molecule has 2 rings (SSSR count). The van der Waals surface area contributed by atoms with Crippen LogP contribution >= 0.6 is 11.8 Å². The molecular formula is C17H27NS. The van der Waals surface area contributed by atoms with Gasteiger partial charge >= 0.3 is 0 Å². The van der Waals surface area contributed by atoms with Crippen molar-refractivity contribution < 1.29 is 0 Å². The van der Waals surface area contributed by atoms with Crippen LogP contribution in [0.5, 0.6) is 0 Å². The molecule has 1 nitrogen and oxygen atoms in total. The Balaban J connectivity index is 1.87. The molecule has 0 amide bonds. The first-order valence-electron chi connectivity index (χ1n) is 7.73. The Morgan fingerprint density at radius 2 is 1.84 bits per heavy atom. The summed E-state index contributed by atoms with van der Waals surface area (Å²) < 4.78 is 0. The van der Waals surface area contributed by atoms with E-state index in [1.165, 1.54) is 48.4 Å². The summed E-state index contributed by atoms with van der Waals surface area (Å²) in [7, 11) is 0. The van der Waals surface area contributed by atoms with Gasteiger partial charge in [-0.2, -0.15) is 11.8 Å². The number of thioether (sulfide) groups is 1. The second-order valence-corrected chi connectivity index (χ2v) is 6.74. The highest BCUT2D eigenvalue weighted by molar-refractivity contribution is 7.99. The fraction of sp³-hybridized carbons (Fsp3) is 0.647. The van der Waals surface area contributed by atoms with Gasteiger partial charge in [-0.05, 0) is 60.8 Å². The molecule has 0 aromatic heterocycles. The lowest BCUT2D eigenvalue weighted by molar-refractivity contribution is 0.405. The molecule has 0 spiro atoms. The van der Waals surface area contributed by atoms with Crippen molar-refractivity contribution in [2.45, 2.75) is 45.6 Å². The minimum atomic E-state index is 0.528. The van der Waals surface area contributed by atoms with Gasteiger partial charge in [-0.15, -0.1) is 0 Å². The Hall–Kier alpha value is -0.470. The van der Waals surface area contributed by atoms with Crippen molar-refractivity contribution in [1.82, 2.24) is 5.32 Å². The summed E-state index contributed by atoms with van der Waals surface area (Å²) in [6, 6.07) is 9.68. The molecule has 1 aliphatic heterocycles. The quantitative estimate of drug-likeness (QED) is 0.825. The van der Waals surface area contributed by atoms with Crippen LogP contribution in [-0.2, 0) is 6.42 Å². The van der Waals surface area contributed by atoms with E-state index in [1.54, 1.807) is 0 Å². The van der Waals surface area contributed by atoms with E-state index in [0.717, 1.165) is 12.3 Å². The lowest BCUT2D eigenvalue weighted by Gasteiger charge is -2.25. The third kappa shape index (κ3) is 4.54. The molecular weight excluding hydrogens is 250 g/mol. The Bertz CT molecular complexity index is 354. The van der Waals surface area contributed by atoms with Gasteiger partial charge in [-0.25, -0.2) is 0 Å². The van der Waals surface area contributed by atoms with Crippen LogP contribution in [-0.4, -0.2) is 18.1 Å². The van der Waals surface area contributed by atoms with Crippen LogP contribution in [0.4, 0.5) is 0 Å². The average molecular weight is 277 g/mol. The maximum Gasteiger partial charge on any atom is 0.0317 e. The Labute approximate surface area is 122 Å². The molecule has 0 radical (unpaired) electrons. The Morgan fingerprint density at radius 3 is 2.42 bits per heavy atom. The monoisotopic (exact) mass is 277 g/mol. The first-order chi connectivity index (χ1) is 9.33. The third-order valence-corrected chi connectivity index (χ3v) is 5.24. The lowest BCUT2D eigenvalue weighted by atomic mass is 9.99. The number of benzene rings is 1. The fourth-order valence-electron chi connectivity index (χ4n) is 2.74. The number of aryl methyl sites for hydroxylation is 1. The zero-order valence-electron chi connectivity index (χ0n) is 12.3. The predicted octanol–water partition coefficient (Wildman–Crippen LogP) is 4.43. The summed E-state index contributed by atoms with van der Waals surface area (Å²) in [6.07, 6.45) is 5.09. The fourth-order valence-corrected chi connectivity index (χ4v) is 3.95. The van der Waals surface area contributed by atoms with Crippen LogP contribution in [0.25, 0.3) is 0 Å². The minimum Gasteiger partial charge on any atom is -0.310 e. The van der Waals surface area contributed by atoms with Gasteiger partial charge in [0, 0.05) is 6.04 Å². The van der Waals surface area contributed by atoms with Crippen molar-refractivity contribution in [3.8, 4) is 0 Å². The van der Waals surface area contributed by atoms with E-state index < -0.39 is 0 Å². The van der Waals surface area contributed by atoms with Crippen molar-refractivity contribution in [1.29, 1.82) is 0 Å². The molecule has 19 heavy (non-hydrogen) atoms. The van der Waals surface area contributed by atoms with Gasteiger partial charge in [-0.3, -0.25) is 0 Å². The molecule has 1 atom stereocenters. The summed E-state index contributed by atoms with van der Waals surface area (Å²) in [4.78, 5) is 0. The predicted molar refractivity (Wildman–Crippen MR) is 86.9 cm³/mol. The smallest absolute Gasteiger partial charge is 0.0317 e. The second-order valence-electron chi connectivity index (χ2n) is 5.52. The van der Waals surface area contributed by atoms with Crippen LogP contribution in [0.1, 0.15) is 50.3 Å². The average Bonchev–Trinajstić information content (AvgIpc) is 2.49. The SMILES string of the molecule is CCc1ccc(C(CC)NCC2CCSCC2)cc1. The van der Waals surface area contributed by atoms with Gasteiger partial charge in [0.25, 0.3) is 0 Å². The molecule has 1 aliphatic rings. The van der Waals surface area contributed by atoms with Gasteiger partial charge in [0.1, 0.15) is 0 Å². The third-order valence-electron chi connectivity index (χ3n) is 4.19. The highest BCUT2D eigenvalue weighted by Gasteiger charge is 2.16. The van der Waals surface area contributed by atoms with Crippen molar-refractivity contribution in [2.75, 3.05) is 18.1 Å². The van der Waals surface area contributed by atoms with Crippen molar-refractivity contribution in [3.63, 3.8) is 0 Å². The number of rotatable bonds is 6. The van der Waals surface area contributed by atoms with Gasteiger partial charge in [0.15, 0.2) is 0 Å². The normalized spacial score (nSPS) is 18.4. The number of hydrogen-bond donors (Lipinski definition) is 1. The molecule has 1 unspecified atom stereocenters.